The van der Waals surface area contributed by atoms with Crippen LogP contribution < -0.4 is 14.8 Å². The van der Waals surface area contributed by atoms with E-state index in [1.807, 2.05) is 13.0 Å². The van der Waals surface area contributed by atoms with Crippen molar-refractivity contribution in [3.05, 3.63) is 53.6 Å². The summed E-state index contributed by atoms with van der Waals surface area (Å²) in [7, 11) is 1.46. The minimum Gasteiger partial charge on any atom is -0.495 e. The van der Waals surface area contributed by atoms with Crippen molar-refractivity contribution < 1.29 is 32.6 Å². The van der Waals surface area contributed by atoms with Crippen LogP contribution in [0.3, 0.4) is 0 Å². The number of carbonyl (C=O) groups is 2. The Morgan fingerprint density at radius 2 is 1.78 bits per heavy atom. The molecule has 0 saturated heterocycles. The smallest absolute Gasteiger partial charge is 0.387 e. The van der Waals surface area contributed by atoms with Crippen LogP contribution in [0.4, 0.5) is 14.5 Å². The Kier molecular flexibility index (Phi) is 6.70. The van der Waals surface area contributed by atoms with Crippen LogP contribution in [-0.4, -0.2) is 31.7 Å². The Balaban J connectivity index is 2.09. The predicted octanol–water partition coefficient (Wildman–Crippen LogP) is 3.79. The molecule has 144 valence electrons. The third kappa shape index (κ3) is 5.40. The molecule has 0 heterocycles. The van der Waals surface area contributed by atoms with Crippen LogP contribution in [0, 0.1) is 6.92 Å². The lowest BCUT2D eigenvalue weighted by Crippen LogP contribution is -2.30. The van der Waals surface area contributed by atoms with Gasteiger partial charge in [-0.2, -0.15) is 8.78 Å². The van der Waals surface area contributed by atoms with Gasteiger partial charge in [-0.15, -0.1) is 0 Å². The second kappa shape index (κ2) is 8.98. The topological polar surface area (TPSA) is 73.9 Å². The average Bonchev–Trinajstić information content (AvgIpc) is 2.61. The molecule has 0 aliphatic heterocycles. The fraction of sp³-hybridized carbons (Fsp3) is 0.263. The summed E-state index contributed by atoms with van der Waals surface area (Å²) in [6.07, 6.45) is -1.18. The first-order chi connectivity index (χ1) is 12.8. The monoisotopic (exact) mass is 379 g/mol. The third-order valence-electron chi connectivity index (χ3n) is 3.59. The average molecular weight is 379 g/mol. The van der Waals surface area contributed by atoms with Crippen molar-refractivity contribution in [3.8, 4) is 11.5 Å². The number of hydrogen-bond donors (Lipinski definition) is 1. The highest BCUT2D eigenvalue weighted by molar-refractivity contribution is 5.99. The summed E-state index contributed by atoms with van der Waals surface area (Å²) in [4.78, 5) is 24.6. The molecule has 0 unspecified atom stereocenters. The summed E-state index contributed by atoms with van der Waals surface area (Å²) in [5.74, 6) is -1.43. The molecule has 1 amide bonds. The van der Waals surface area contributed by atoms with E-state index in [-0.39, 0.29) is 11.3 Å². The van der Waals surface area contributed by atoms with Gasteiger partial charge in [0.1, 0.15) is 17.1 Å². The standard InChI is InChI=1S/C19H19F2NO5/c1-11-8-9-16(25-3)14(10-11)22-17(23)12(2)26-18(24)13-6-4-5-7-15(13)27-19(20)21/h4-10,12,19H,1-3H3,(H,22,23)/t12-/m1/s1. The van der Waals surface area contributed by atoms with E-state index >= 15 is 0 Å². The maximum absolute atomic E-state index is 12.5. The molecule has 0 aliphatic rings. The minimum atomic E-state index is -3.09. The highest BCUT2D eigenvalue weighted by atomic mass is 19.3. The van der Waals surface area contributed by atoms with Gasteiger partial charge in [0.15, 0.2) is 6.10 Å². The SMILES string of the molecule is COc1ccc(C)cc1NC(=O)[C@@H](C)OC(=O)c1ccccc1OC(F)F. The van der Waals surface area contributed by atoms with Crippen LogP contribution in [0.1, 0.15) is 22.8 Å². The summed E-state index contributed by atoms with van der Waals surface area (Å²) >= 11 is 0. The Labute approximate surface area is 155 Å². The van der Waals surface area contributed by atoms with Crippen LogP contribution in [0.25, 0.3) is 0 Å². The van der Waals surface area contributed by atoms with Crippen LogP contribution in [0.15, 0.2) is 42.5 Å². The molecule has 0 aromatic heterocycles. The zero-order valence-corrected chi connectivity index (χ0v) is 15.0. The molecule has 2 aromatic carbocycles. The van der Waals surface area contributed by atoms with E-state index in [9.17, 15) is 18.4 Å². The van der Waals surface area contributed by atoms with E-state index in [0.717, 1.165) is 5.56 Å². The van der Waals surface area contributed by atoms with Gasteiger partial charge in [0.2, 0.25) is 0 Å². The van der Waals surface area contributed by atoms with Gasteiger partial charge in [-0.3, -0.25) is 4.79 Å². The van der Waals surface area contributed by atoms with Gasteiger partial charge in [-0.25, -0.2) is 4.79 Å². The third-order valence-corrected chi connectivity index (χ3v) is 3.59. The molecular formula is C19H19F2NO5. The van der Waals surface area contributed by atoms with E-state index in [2.05, 4.69) is 10.1 Å². The molecule has 1 atom stereocenters. The molecule has 0 bridgehead atoms. The van der Waals surface area contributed by atoms with Gasteiger partial charge in [0.05, 0.1) is 12.8 Å². The Hall–Kier alpha value is -3.16. The van der Waals surface area contributed by atoms with E-state index in [1.54, 1.807) is 12.1 Å². The number of nitrogens with one attached hydrogen (secondary N) is 1. The normalized spacial score (nSPS) is 11.6. The number of anilines is 1. The molecule has 0 spiro atoms. The summed E-state index contributed by atoms with van der Waals surface area (Å²) in [5, 5.41) is 2.61. The van der Waals surface area contributed by atoms with Gasteiger partial charge in [-0.1, -0.05) is 18.2 Å². The van der Waals surface area contributed by atoms with Crippen molar-refractivity contribution in [1.29, 1.82) is 0 Å². The van der Waals surface area contributed by atoms with E-state index in [4.69, 9.17) is 9.47 Å². The van der Waals surface area contributed by atoms with Gasteiger partial charge in [0.25, 0.3) is 5.91 Å². The summed E-state index contributed by atoms with van der Waals surface area (Å²) < 4.78 is 39.5. The lowest BCUT2D eigenvalue weighted by atomic mass is 10.2. The molecular weight excluding hydrogens is 360 g/mol. The Morgan fingerprint density at radius 1 is 1.07 bits per heavy atom. The highest BCUT2D eigenvalue weighted by Gasteiger charge is 2.23. The minimum absolute atomic E-state index is 0.203. The zero-order chi connectivity index (χ0) is 20.0. The number of esters is 1. The molecule has 0 aliphatic carbocycles. The molecule has 8 heteroatoms. The van der Waals surface area contributed by atoms with Crippen molar-refractivity contribution in [2.45, 2.75) is 26.6 Å². The van der Waals surface area contributed by atoms with Gasteiger partial charge in [0, 0.05) is 0 Å². The number of alkyl halides is 2. The number of rotatable bonds is 7. The molecule has 6 nitrogen and oxygen atoms in total. The molecule has 27 heavy (non-hydrogen) atoms. The van der Waals surface area contributed by atoms with E-state index in [0.29, 0.717) is 11.4 Å². The second-order valence-corrected chi connectivity index (χ2v) is 5.62. The van der Waals surface area contributed by atoms with Gasteiger partial charge in [-0.05, 0) is 43.7 Å². The van der Waals surface area contributed by atoms with Crippen molar-refractivity contribution in [3.63, 3.8) is 0 Å². The highest BCUT2D eigenvalue weighted by Crippen LogP contribution is 2.26. The van der Waals surface area contributed by atoms with Crippen molar-refractivity contribution in [1.82, 2.24) is 0 Å². The van der Waals surface area contributed by atoms with Crippen LogP contribution in [-0.2, 0) is 9.53 Å². The second-order valence-electron chi connectivity index (χ2n) is 5.62. The number of carbonyl (C=O) groups excluding carboxylic acids is 2. The number of benzene rings is 2. The number of hydrogen-bond acceptors (Lipinski definition) is 5. The largest absolute Gasteiger partial charge is 0.495 e. The van der Waals surface area contributed by atoms with Gasteiger partial charge >= 0.3 is 12.6 Å². The van der Waals surface area contributed by atoms with Crippen LogP contribution in [0.5, 0.6) is 11.5 Å². The fourth-order valence-electron chi connectivity index (χ4n) is 2.27. The van der Waals surface area contributed by atoms with Crippen molar-refractivity contribution in [2.24, 2.45) is 0 Å². The molecule has 0 radical (unpaired) electrons. The van der Waals surface area contributed by atoms with Gasteiger partial charge < -0.3 is 19.5 Å². The number of methoxy groups -OCH3 is 1. The van der Waals surface area contributed by atoms with Crippen molar-refractivity contribution in [2.75, 3.05) is 12.4 Å². The molecule has 0 saturated carbocycles. The first kappa shape index (κ1) is 20.2. The molecule has 2 rings (SSSR count). The molecule has 2 aromatic rings. The zero-order valence-electron chi connectivity index (χ0n) is 15.0. The number of ether oxygens (including phenoxy) is 3. The summed E-state index contributed by atoms with van der Waals surface area (Å²) in [6.45, 7) is 0.123. The van der Waals surface area contributed by atoms with E-state index in [1.165, 1.54) is 38.3 Å². The summed E-state index contributed by atoms with van der Waals surface area (Å²) in [5.41, 5.74) is 1.12. The van der Waals surface area contributed by atoms with E-state index < -0.39 is 24.6 Å². The summed E-state index contributed by atoms with van der Waals surface area (Å²) in [6, 6.07) is 10.6. The molecule has 1 N–H and O–H groups in total. The maximum Gasteiger partial charge on any atom is 0.387 e. The first-order valence-corrected chi connectivity index (χ1v) is 8.02. The fourth-order valence-corrected chi connectivity index (χ4v) is 2.27. The lowest BCUT2D eigenvalue weighted by molar-refractivity contribution is -0.123. The number of amides is 1. The van der Waals surface area contributed by atoms with Crippen molar-refractivity contribution >= 4 is 17.6 Å². The molecule has 0 fully saturated rings. The number of halogens is 2. The quantitative estimate of drug-likeness (QED) is 0.741. The predicted molar refractivity (Wildman–Crippen MR) is 94.3 cm³/mol. The Bertz CT molecular complexity index is 825. The van der Waals surface area contributed by atoms with Crippen LogP contribution >= 0.6 is 0 Å². The maximum atomic E-state index is 12.5. The Morgan fingerprint density at radius 3 is 2.44 bits per heavy atom. The number of para-hydroxylation sites is 1. The lowest BCUT2D eigenvalue weighted by Gasteiger charge is -2.16. The number of aryl methyl sites for hydroxylation is 1. The van der Waals surface area contributed by atoms with Crippen LogP contribution in [0.2, 0.25) is 0 Å². The first-order valence-electron chi connectivity index (χ1n) is 8.02.